The maximum absolute atomic E-state index is 12.1. The fourth-order valence-electron chi connectivity index (χ4n) is 3.34. The van der Waals surface area contributed by atoms with E-state index in [1.54, 1.807) is 21.3 Å². The van der Waals surface area contributed by atoms with Crippen molar-refractivity contribution in [1.29, 1.82) is 0 Å². The van der Waals surface area contributed by atoms with Crippen molar-refractivity contribution in [2.24, 2.45) is 0 Å². The molecule has 0 bridgehead atoms. The third-order valence-electron chi connectivity index (χ3n) is 4.79. The van der Waals surface area contributed by atoms with E-state index in [4.69, 9.17) is 14.2 Å². The fourth-order valence-corrected chi connectivity index (χ4v) is 3.34. The lowest BCUT2D eigenvalue weighted by atomic mass is 10.1. The van der Waals surface area contributed by atoms with Crippen LogP contribution < -0.4 is 19.5 Å². The molecule has 6 heteroatoms. The molecule has 1 aliphatic heterocycles. The Morgan fingerprint density at radius 3 is 2.27 bits per heavy atom. The van der Waals surface area contributed by atoms with Gasteiger partial charge in [0, 0.05) is 13.0 Å². The highest BCUT2D eigenvalue weighted by molar-refractivity contribution is 5.76. The van der Waals surface area contributed by atoms with Gasteiger partial charge in [-0.1, -0.05) is 6.42 Å². The molecule has 146 valence electrons. The molecule has 0 radical (unpaired) electrons. The lowest BCUT2D eigenvalue weighted by Gasteiger charge is -2.26. The number of ether oxygens (including phenoxy) is 3. The Bertz CT molecular complexity index is 546. The van der Waals surface area contributed by atoms with Crippen molar-refractivity contribution in [3.05, 3.63) is 17.7 Å². The number of hydrogen-bond donors (Lipinski definition) is 1. The van der Waals surface area contributed by atoms with Crippen LogP contribution in [0.4, 0.5) is 0 Å². The standard InChI is InChI=1S/C20H32N2O4/c1-24-17-14-16(15-18(25-2)20(17)26-3)8-9-19(23)21-10-7-13-22-11-5-4-6-12-22/h14-15H,4-13H2,1-3H3,(H,21,23). The molecular weight excluding hydrogens is 332 g/mol. The topological polar surface area (TPSA) is 60.0 Å². The van der Waals surface area contributed by atoms with Crippen LogP contribution in [0.2, 0.25) is 0 Å². The van der Waals surface area contributed by atoms with Gasteiger partial charge in [0.1, 0.15) is 0 Å². The summed E-state index contributed by atoms with van der Waals surface area (Å²) in [5.74, 6) is 1.88. The van der Waals surface area contributed by atoms with Crippen LogP contribution in [0.15, 0.2) is 12.1 Å². The first-order valence-electron chi connectivity index (χ1n) is 9.46. The molecule has 6 nitrogen and oxygen atoms in total. The molecule has 0 aliphatic carbocycles. The summed E-state index contributed by atoms with van der Waals surface area (Å²) in [6.07, 6.45) is 6.06. The quantitative estimate of drug-likeness (QED) is 0.647. The predicted molar refractivity (Wildman–Crippen MR) is 102 cm³/mol. The lowest BCUT2D eigenvalue weighted by Crippen LogP contribution is -2.33. The number of likely N-dealkylation sites (tertiary alicyclic amines) is 1. The van der Waals surface area contributed by atoms with Gasteiger partial charge < -0.3 is 24.4 Å². The van der Waals surface area contributed by atoms with E-state index in [1.165, 1.54) is 32.4 Å². The maximum atomic E-state index is 12.1. The van der Waals surface area contributed by atoms with Crippen molar-refractivity contribution in [2.45, 2.75) is 38.5 Å². The van der Waals surface area contributed by atoms with Crippen molar-refractivity contribution in [3.8, 4) is 17.2 Å². The van der Waals surface area contributed by atoms with E-state index in [0.717, 1.165) is 25.1 Å². The summed E-state index contributed by atoms with van der Waals surface area (Å²) in [5.41, 5.74) is 0.989. The Labute approximate surface area is 156 Å². The number of aryl methyl sites for hydroxylation is 1. The molecule has 1 fully saturated rings. The van der Waals surface area contributed by atoms with E-state index < -0.39 is 0 Å². The highest BCUT2D eigenvalue weighted by Gasteiger charge is 2.14. The number of piperidine rings is 1. The van der Waals surface area contributed by atoms with Crippen molar-refractivity contribution in [2.75, 3.05) is 47.5 Å². The van der Waals surface area contributed by atoms with Crippen molar-refractivity contribution >= 4 is 5.91 Å². The molecule has 1 aromatic rings. The second-order valence-corrected chi connectivity index (χ2v) is 6.64. The van der Waals surface area contributed by atoms with Crippen LogP contribution in [-0.4, -0.2) is 58.3 Å². The Morgan fingerprint density at radius 1 is 1.04 bits per heavy atom. The number of methoxy groups -OCH3 is 3. The van der Waals surface area contributed by atoms with Gasteiger partial charge in [-0.3, -0.25) is 4.79 Å². The summed E-state index contributed by atoms with van der Waals surface area (Å²) >= 11 is 0. The number of nitrogens with one attached hydrogen (secondary N) is 1. The number of benzene rings is 1. The molecule has 0 aromatic heterocycles. The zero-order chi connectivity index (χ0) is 18.8. The minimum Gasteiger partial charge on any atom is -0.493 e. The fraction of sp³-hybridized carbons (Fsp3) is 0.650. The van der Waals surface area contributed by atoms with Crippen LogP contribution in [0.1, 0.15) is 37.7 Å². The summed E-state index contributed by atoms with van der Waals surface area (Å²) in [6.45, 7) is 4.22. The molecule has 1 saturated heterocycles. The number of hydrogen-bond acceptors (Lipinski definition) is 5. The second kappa shape index (κ2) is 10.9. The number of nitrogens with zero attached hydrogens (tertiary/aromatic N) is 1. The molecule has 1 aliphatic rings. The summed E-state index contributed by atoms with van der Waals surface area (Å²) in [6, 6.07) is 3.79. The first-order valence-corrected chi connectivity index (χ1v) is 9.46. The SMILES string of the molecule is COc1cc(CCC(=O)NCCCN2CCCCC2)cc(OC)c1OC. The molecule has 0 saturated carbocycles. The molecule has 26 heavy (non-hydrogen) atoms. The van der Waals surface area contributed by atoms with E-state index in [9.17, 15) is 4.79 Å². The summed E-state index contributed by atoms with van der Waals surface area (Å²) in [7, 11) is 4.77. The number of amides is 1. The Morgan fingerprint density at radius 2 is 1.69 bits per heavy atom. The molecule has 0 unspecified atom stereocenters. The predicted octanol–water partition coefficient (Wildman–Crippen LogP) is 2.64. The highest BCUT2D eigenvalue weighted by Crippen LogP contribution is 2.38. The van der Waals surface area contributed by atoms with E-state index in [1.807, 2.05) is 12.1 Å². The third kappa shape index (κ3) is 6.09. The van der Waals surface area contributed by atoms with Gasteiger partial charge in [0.25, 0.3) is 0 Å². The number of carbonyl (C=O) groups is 1. The second-order valence-electron chi connectivity index (χ2n) is 6.64. The van der Waals surface area contributed by atoms with Crippen molar-refractivity contribution < 1.29 is 19.0 Å². The monoisotopic (exact) mass is 364 g/mol. The third-order valence-corrected chi connectivity index (χ3v) is 4.79. The van der Waals surface area contributed by atoms with Crippen LogP contribution in [0.3, 0.4) is 0 Å². The smallest absolute Gasteiger partial charge is 0.220 e. The average Bonchev–Trinajstić information content (AvgIpc) is 2.69. The van der Waals surface area contributed by atoms with Crippen LogP contribution in [0, 0.1) is 0 Å². The molecule has 0 atom stereocenters. The van der Waals surface area contributed by atoms with E-state index >= 15 is 0 Å². The number of rotatable bonds is 10. The van der Waals surface area contributed by atoms with Gasteiger partial charge in [0.05, 0.1) is 21.3 Å². The zero-order valence-corrected chi connectivity index (χ0v) is 16.3. The van der Waals surface area contributed by atoms with Crippen LogP contribution in [0.5, 0.6) is 17.2 Å². The van der Waals surface area contributed by atoms with Gasteiger partial charge >= 0.3 is 0 Å². The minimum absolute atomic E-state index is 0.0809. The zero-order valence-electron chi connectivity index (χ0n) is 16.3. The molecule has 1 heterocycles. The van der Waals surface area contributed by atoms with E-state index in [2.05, 4.69) is 10.2 Å². The van der Waals surface area contributed by atoms with Crippen LogP contribution in [-0.2, 0) is 11.2 Å². The van der Waals surface area contributed by atoms with Gasteiger partial charge in [0.15, 0.2) is 11.5 Å². The van der Waals surface area contributed by atoms with Crippen LogP contribution in [0.25, 0.3) is 0 Å². The summed E-state index contributed by atoms with van der Waals surface area (Å²) in [4.78, 5) is 14.6. The van der Waals surface area contributed by atoms with Gasteiger partial charge in [0.2, 0.25) is 11.7 Å². The molecular formula is C20H32N2O4. The average molecular weight is 364 g/mol. The first kappa shape index (κ1) is 20.4. The largest absolute Gasteiger partial charge is 0.493 e. The molecule has 1 aromatic carbocycles. The van der Waals surface area contributed by atoms with Crippen molar-refractivity contribution in [1.82, 2.24) is 10.2 Å². The van der Waals surface area contributed by atoms with Gasteiger partial charge in [-0.2, -0.15) is 0 Å². The normalized spacial score (nSPS) is 14.7. The Hall–Kier alpha value is -1.95. The molecule has 1 amide bonds. The molecule has 2 rings (SSSR count). The minimum atomic E-state index is 0.0809. The summed E-state index contributed by atoms with van der Waals surface area (Å²) in [5, 5.41) is 3.02. The molecule has 1 N–H and O–H groups in total. The van der Waals surface area contributed by atoms with Gasteiger partial charge in [-0.15, -0.1) is 0 Å². The number of carbonyl (C=O) groups excluding carboxylic acids is 1. The van der Waals surface area contributed by atoms with Crippen LogP contribution >= 0.6 is 0 Å². The lowest BCUT2D eigenvalue weighted by molar-refractivity contribution is -0.121. The molecule has 0 spiro atoms. The van der Waals surface area contributed by atoms with Gasteiger partial charge in [-0.25, -0.2) is 0 Å². The summed E-state index contributed by atoms with van der Waals surface area (Å²) < 4.78 is 16.0. The highest BCUT2D eigenvalue weighted by atomic mass is 16.5. The Kier molecular flexibility index (Phi) is 8.54. The van der Waals surface area contributed by atoms with E-state index in [0.29, 0.717) is 30.1 Å². The van der Waals surface area contributed by atoms with Gasteiger partial charge in [-0.05, 0) is 63.0 Å². The Balaban J connectivity index is 1.74. The van der Waals surface area contributed by atoms with Crippen molar-refractivity contribution in [3.63, 3.8) is 0 Å². The van der Waals surface area contributed by atoms with E-state index in [-0.39, 0.29) is 5.91 Å². The maximum Gasteiger partial charge on any atom is 0.220 e. The first-order chi connectivity index (χ1) is 12.7.